The average molecular weight is 453 g/mol. The van der Waals surface area contributed by atoms with E-state index in [2.05, 4.69) is 103 Å². The highest BCUT2D eigenvalue weighted by molar-refractivity contribution is 6.09. The third-order valence-corrected chi connectivity index (χ3v) is 7.74. The fourth-order valence-corrected chi connectivity index (χ4v) is 6.12. The number of hydrogen-bond acceptors (Lipinski definition) is 2. The number of hydrogen-bond donors (Lipinski definition) is 0. The van der Waals surface area contributed by atoms with E-state index >= 15 is 0 Å². The van der Waals surface area contributed by atoms with Gasteiger partial charge in [-0.1, -0.05) is 66.7 Å². The van der Waals surface area contributed by atoms with Crippen LogP contribution >= 0.6 is 0 Å². The molecule has 2 atom stereocenters. The molecule has 2 unspecified atom stereocenters. The molecule has 168 valence electrons. The van der Waals surface area contributed by atoms with E-state index in [1.165, 1.54) is 16.3 Å². The van der Waals surface area contributed by atoms with Gasteiger partial charge in [-0.3, -0.25) is 0 Å². The lowest BCUT2D eigenvalue weighted by Crippen LogP contribution is -2.33. The first kappa shape index (κ1) is 20.1. The van der Waals surface area contributed by atoms with E-state index < -0.39 is 0 Å². The highest BCUT2D eigenvalue weighted by Crippen LogP contribution is 2.53. The highest BCUT2D eigenvalue weighted by Gasteiger charge is 2.45. The van der Waals surface area contributed by atoms with Gasteiger partial charge >= 0.3 is 0 Å². The molecule has 1 aliphatic carbocycles. The maximum Gasteiger partial charge on any atom is 0.132 e. The van der Waals surface area contributed by atoms with Gasteiger partial charge in [0.05, 0.1) is 28.4 Å². The van der Waals surface area contributed by atoms with Crippen LogP contribution in [0.5, 0.6) is 5.75 Å². The van der Waals surface area contributed by atoms with E-state index in [0.717, 1.165) is 46.4 Å². The second-order valence-electron chi connectivity index (χ2n) is 9.76. The lowest BCUT2D eigenvalue weighted by Gasteiger charge is -2.30. The lowest BCUT2D eigenvalue weighted by molar-refractivity contribution is 0.133. The van der Waals surface area contributed by atoms with Crippen molar-refractivity contribution >= 4 is 21.8 Å². The van der Waals surface area contributed by atoms with Gasteiger partial charge in [-0.2, -0.15) is 5.26 Å². The minimum atomic E-state index is -0.309. The predicted octanol–water partition coefficient (Wildman–Crippen LogP) is 7.91. The Labute approximate surface area is 204 Å². The zero-order valence-electron chi connectivity index (χ0n) is 19.5. The van der Waals surface area contributed by atoms with Gasteiger partial charge in [0.25, 0.3) is 0 Å². The summed E-state index contributed by atoms with van der Waals surface area (Å²) in [4.78, 5) is 0. The standard InChI is InChI=1S/C32H24N2O/c1-32-18-7-6-13-27(32)26-12-8-11-25(31(26)35-32)24-17-16-21(20-33)19-30(24)34-28-14-4-2-9-22(28)23-10-3-5-15-29(23)34/h2-5,7-12,14-19,27H,6,13H2,1H3. The van der Waals surface area contributed by atoms with Crippen molar-refractivity contribution in [2.75, 3.05) is 0 Å². The minimum Gasteiger partial charge on any atom is -0.482 e. The number of benzene rings is 4. The number of nitriles is 1. The summed E-state index contributed by atoms with van der Waals surface area (Å²) in [6, 6.07) is 31.8. The topological polar surface area (TPSA) is 38.0 Å². The van der Waals surface area contributed by atoms with Crippen molar-refractivity contribution in [3.05, 3.63) is 108 Å². The largest absolute Gasteiger partial charge is 0.482 e. The Morgan fingerprint density at radius 3 is 2.37 bits per heavy atom. The molecule has 0 spiro atoms. The van der Waals surface area contributed by atoms with Crippen LogP contribution in [0.4, 0.5) is 0 Å². The summed E-state index contributed by atoms with van der Waals surface area (Å²) in [6.45, 7) is 2.20. The van der Waals surface area contributed by atoms with Gasteiger partial charge in [-0.15, -0.1) is 0 Å². The summed E-state index contributed by atoms with van der Waals surface area (Å²) in [5.41, 5.74) is 7.01. The first-order valence-corrected chi connectivity index (χ1v) is 12.2. The molecule has 7 rings (SSSR count). The maximum atomic E-state index is 9.79. The molecule has 4 aromatic carbocycles. The first-order chi connectivity index (χ1) is 17.2. The normalized spacial score (nSPS) is 20.4. The zero-order valence-corrected chi connectivity index (χ0v) is 19.5. The monoisotopic (exact) mass is 452 g/mol. The molecule has 0 amide bonds. The molecule has 5 aromatic rings. The summed E-state index contributed by atoms with van der Waals surface area (Å²) in [5.74, 6) is 1.33. The van der Waals surface area contributed by atoms with Crippen LogP contribution in [0.2, 0.25) is 0 Å². The molecule has 0 radical (unpaired) electrons. The molecule has 0 saturated carbocycles. The third-order valence-electron chi connectivity index (χ3n) is 7.74. The van der Waals surface area contributed by atoms with Crippen molar-refractivity contribution in [3.63, 3.8) is 0 Å². The Kier molecular flexibility index (Phi) is 4.23. The molecule has 3 heteroatoms. The van der Waals surface area contributed by atoms with Crippen LogP contribution in [0, 0.1) is 11.3 Å². The molecule has 0 saturated heterocycles. The highest BCUT2D eigenvalue weighted by atomic mass is 16.5. The summed E-state index contributed by atoms with van der Waals surface area (Å²) in [5, 5.41) is 12.2. The molecular formula is C32H24N2O. The van der Waals surface area contributed by atoms with Crippen LogP contribution < -0.4 is 4.74 Å². The van der Waals surface area contributed by atoms with Gasteiger partial charge in [0.2, 0.25) is 0 Å². The number of allylic oxidation sites excluding steroid dienone is 1. The van der Waals surface area contributed by atoms with Crippen LogP contribution in [0.25, 0.3) is 38.6 Å². The second kappa shape index (κ2) is 7.35. The van der Waals surface area contributed by atoms with E-state index in [1.807, 2.05) is 12.1 Å². The van der Waals surface area contributed by atoms with Crippen molar-refractivity contribution in [2.24, 2.45) is 0 Å². The van der Waals surface area contributed by atoms with E-state index in [1.54, 1.807) is 0 Å². The van der Waals surface area contributed by atoms with Gasteiger partial charge < -0.3 is 9.30 Å². The molecule has 2 aliphatic rings. The lowest BCUT2D eigenvalue weighted by atomic mass is 9.78. The van der Waals surface area contributed by atoms with Crippen LogP contribution in [0.1, 0.15) is 36.8 Å². The van der Waals surface area contributed by atoms with Gasteiger partial charge in [0.1, 0.15) is 11.4 Å². The summed E-state index contributed by atoms with van der Waals surface area (Å²) in [6.07, 6.45) is 6.65. The van der Waals surface area contributed by atoms with Crippen LogP contribution in [0.3, 0.4) is 0 Å². The zero-order chi connectivity index (χ0) is 23.6. The van der Waals surface area contributed by atoms with Crippen molar-refractivity contribution in [1.29, 1.82) is 5.26 Å². The van der Waals surface area contributed by atoms with Crippen molar-refractivity contribution in [3.8, 4) is 28.6 Å². The number of aromatic nitrogens is 1. The minimum absolute atomic E-state index is 0.309. The average Bonchev–Trinajstić information content (AvgIpc) is 3.40. The Balaban J connectivity index is 1.54. The second-order valence-corrected chi connectivity index (χ2v) is 9.76. The SMILES string of the molecule is CC12C=CCCC1c1cccc(-c3ccc(C#N)cc3-n3c4ccccc4c4ccccc43)c1O2. The molecular weight excluding hydrogens is 428 g/mol. The quantitative estimate of drug-likeness (QED) is 0.255. The number of ether oxygens (including phenoxy) is 1. The van der Waals surface area contributed by atoms with E-state index in [0.29, 0.717) is 11.5 Å². The third kappa shape index (κ3) is 2.83. The Morgan fingerprint density at radius 2 is 1.63 bits per heavy atom. The van der Waals surface area contributed by atoms with Crippen molar-refractivity contribution in [2.45, 2.75) is 31.3 Å². The number of fused-ring (bicyclic) bond motifs is 6. The summed E-state index contributed by atoms with van der Waals surface area (Å²) in [7, 11) is 0. The van der Waals surface area contributed by atoms with Gasteiger partial charge in [-0.05, 0) is 50.1 Å². The Morgan fingerprint density at radius 1 is 0.886 bits per heavy atom. The molecule has 2 heterocycles. The molecule has 0 bridgehead atoms. The van der Waals surface area contributed by atoms with Gasteiger partial charge in [0.15, 0.2) is 0 Å². The van der Waals surface area contributed by atoms with Crippen LogP contribution in [0.15, 0.2) is 97.1 Å². The number of rotatable bonds is 2. The molecule has 1 aromatic heterocycles. The summed E-state index contributed by atoms with van der Waals surface area (Å²) >= 11 is 0. The first-order valence-electron chi connectivity index (χ1n) is 12.2. The van der Waals surface area contributed by atoms with Crippen LogP contribution in [-0.2, 0) is 0 Å². The van der Waals surface area contributed by atoms with E-state index in [4.69, 9.17) is 4.74 Å². The smallest absolute Gasteiger partial charge is 0.132 e. The molecule has 3 nitrogen and oxygen atoms in total. The van der Waals surface area contributed by atoms with Crippen LogP contribution in [-0.4, -0.2) is 10.2 Å². The molecule has 0 fully saturated rings. The maximum absolute atomic E-state index is 9.79. The Hall–Kier alpha value is -4.29. The fourth-order valence-electron chi connectivity index (χ4n) is 6.12. The molecule has 0 N–H and O–H groups in total. The number of para-hydroxylation sites is 3. The summed E-state index contributed by atoms with van der Waals surface area (Å²) < 4.78 is 9.02. The fraction of sp³-hybridized carbons (Fsp3) is 0.156. The van der Waals surface area contributed by atoms with Crippen molar-refractivity contribution < 1.29 is 4.74 Å². The Bertz CT molecular complexity index is 1660. The molecule has 35 heavy (non-hydrogen) atoms. The number of nitrogens with zero attached hydrogens (tertiary/aromatic N) is 2. The van der Waals surface area contributed by atoms with E-state index in [9.17, 15) is 5.26 Å². The molecule has 1 aliphatic heterocycles. The predicted molar refractivity (Wildman–Crippen MR) is 141 cm³/mol. The van der Waals surface area contributed by atoms with Gasteiger partial charge in [-0.25, -0.2) is 0 Å². The van der Waals surface area contributed by atoms with E-state index in [-0.39, 0.29) is 5.60 Å². The van der Waals surface area contributed by atoms with Gasteiger partial charge in [0, 0.05) is 33.4 Å². The van der Waals surface area contributed by atoms with Crippen molar-refractivity contribution in [1.82, 2.24) is 4.57 Å².